The van der Waals surface area contributed by atoms with Gasteiger partial charge < -0.3 is 10.4 Å². The number of benzene rings is 1. The minimum absolute atomic E-state index is 0.00883. The molecular formula is C17H25NO2. The van der Waals surface area contributed by atoms with Crippen molar-refractivity contribution < 1.29 is 9.90 Å². The van der Waals surface area contributed by atoms with Gasteiger partial charge in [-0.3, -0.25) is 4.79 Å². The first-order chi connectivity index (χ1) is 9.65. The third-order valence-electron chi connectivity index (χ3n) is 4.15. The average molecular weight is 275 g/mol. The van der Waals surface area contributed by atoms with Gasteiger partial charge in [-0.15, -0.1) is 0 Å². The van der Waals surface area contributed by atoms with E-state index in [-0.39, 0.29) is 5.91 Å². The van der Waals surface area contributed by atoms with Crippen molar-refractivity contribution in [2.75, 3.05) is 6.54 Å². The summed E-state index contributed by atoms with van der Waals surface area (Å²) in [5, 5.41) is 13.0. The number of nitrogens with one attached hydrogen (secondary N) is 1. The molecule has 110 valence electrons. The number of aryl methyl sites for hydroxylation is 1. The van der Waals surface area contributed by atoms with Crippen molar-refractivity contribution in [1.29, 1.82) is 0 Å². The monoisotopic (exact) mass is 275 g/mol. The standard InChI is InChI=1S/C17H25NO2/c1-13-6-5-7-14(10-13)11-17(20)18-12-16(19)15-8-3-2-4-9-15/h5-7,10,15-16,19H,2-4,8-9,11-12H2,1H3,(H,18,20). The second kappa shape index (κ2) is 7.44. The number of rotatable bonds is 5. The van der Waals surface area contributed by atoms with Crippen LogP contribution in [0, 0.1) is 12.8 Å². The van der Waals surface area contributed by atoms with Gasteiger partial charge in [-0.2, -0.15) is 0 Å². The van der Waals surface area contributed by atoms with Gasteiger partial charge in [-0.05, 0) is 31.2 Å². The molecule has 0 radical (unpaired) electrons. The molecular weight excluding hydrogens is 250 g/mol. The van der Waals surface area contributed by atoms with Gasteiger partial charge in [0.15, 0.2) is 0 Å². The fraction of sp³-hybridized carbons (Fsp3) is 0.588. The van der Waals surface area contributed by atoms with Crippen LogP contribution < -0.4 is 5.32 Å². The van der Waals surface area contributed by atoms with Crippen molar-refractivity contribution in [1.82, 2.24) is 5.32 Å². The number of amides is 1. The maximum absolute atomic E-state index is 11.9. The topological polar surface area (TPSA) is 49.3 Å². The maximum Gasteiger partial charge on any atom is 0.224 e. The minimum Gasteiger partial charge on any atom is -0.391 e. The van der Waals surface area contributed by atoms with E-state index in [9.17, 15) is 9.90 Å². The van der Waals surface area contributed by atoms with Crippen LogP contribution in [0.5, 0.6) is 0 Å². The van der Waals surface area contributed by atoms with Gasteiger partial charge in [0.1, 0.15) is 0 Å². The van der Waals surface area contributed by atoms with E-state index in [1.807, 2.05) is 31.2 Å². The summed E-state index contributed by atoms with van der Waals surface area (Å²) in [4.78, 5) is 11.9. The zero-order valence-corrected chi connectivity index (χ0v) is 12.3. The molecule has 0 saturated heterocycles. The SMILES string of the molecule is Cc1cccc(CC(=O)NCC(O)C2CCCCC2)c1. The zero-order chi connectivity index (χ0) is 14.4. The van der Waals surface area contributed by atoms with E-state index in [0.29, 0.717) is 18.9 Å². The lowest BCUT2D eigenvalue weighted by atomic mass is 9.85. The fourth-order valence-corrected chi connectivity index (χ4v) is 2.97. The molecule has 1 unspecified atom stereocenters. The molecule has 0 aliphatic heterocycles. The molecule has 1 aliphatic carbocycles. The Balaban J connectivity index is 1.74. The van der Waals surface area contributed by atoms with Crippen LogP contribution in [0.1, 0.15) is 43.2 Å². The zero-order valence-electron chi connectivity index (χ0n) is 12.3. The Hall–Kier alpha value is -1.35. The molecule has 2 N–H and O–H groups in total. The van der Waals surface area contributed by atoms with Gasteiger partial charge in [0.25, 0.3) is 0 Å². The molecule has 1 atom stereocenters. The summed E-state index contributed by atoms with van der Waals surface area (Å²) in [6, 6.07) is 7.98. The number of hydrogen-bond donors (Lipinski definition) is 2. The lowest BCUT2D eigenvalue weighted by Gasteiger charge is -2.26. The largest absolute Gasteiger partial charge is 0.391 e. The van der Waals surface area contributed by atoms with E-state index in [1.54, 1.807) is 0 Å². The fourth-order valence-electron chi connectivity index (χ4n) is 2.97. The van der Waals surface area contributed by atoms with E-state index in [4.69, 9.17) is 0 Å². The minimum atomic E-state index is -0.392. The molecule has 1 aliphatic rings. The van der Waals surface area contributed by atoms with E-state index >= 15 is 0 Å². The Kier molecular flexibility index (Phi) is 5.60. The number of aliphatic hydroxyl groups excluding tert-OH is 1. The van der Waals surface area contributed by atoms with Crippen LogP contribution in [0.3, 0.4) is 0 Å². The quantitative estimate of drug-likeness (QED) is 0.868. The first-order valence-electron chi connectivity index (χ1n) is 7.65. The lowest BCUT2D eigenvalue weighted by molar-refractivity contribution is -0.121. The van der Waals surface area contributed by atoms with Crippen LogP contribution in [-0.4, -0.2) is 23.7 Å². The van der Waals surface area contributed by atoms with Crippen LogP contribution in [0.25, 0.3) is 0 Å². The van der Waals surface area contributed by atoms with Crippen molar-refractivity contribution >= 4 is 5.91 Å². The van der Waals surface area contributed by atoms with Gasteiger partial charge in [-0.1, -0.05) is 49.1 Å². The summed E-state index contributed by atoms with van der Waals surface area (Å²) in [6.07, 6.45) is 5.88. The molecule has 2 rings (SSSR count). The van der Waals surface area contributed by atoms with Crippen molar-refractivity contribution in [3.63, 3.8) is 0 Å². The van der Waals surface area contributed by atoms with Gasteiger partial charge in [0.05, 0.1) is 12.5 Å². The summed E-state index contributed by atoms with van der Waals surface area (Å²) >= 11 is 0. The van der Waals surface area contributed by atoms with Crippen LogP contribution in [0.15, 0.2) is 24.3 Å². The Bertz CT molecular complexity index is 438. The molecule has 20 heavy (non-hydrogen) atoms. The highest BCUT2D eigenvalue weighted by atomic mass is 16.3. The van der Waals surface area contributed by atoms with Crippen molar-refractivity contribution in [3.8, 4) is 0 Å². The maximum atomic E-state index is 11.9. The Labute approximate surface area is 121 Å². The summed E-state index contributed by atoms with van der Waals surface area (Å²) in [6.45, 7) is 2.41. The summed E-state index contributed by atoms with van der Waals surface area (Å²) in [5.74, 6) is 0.355. The molecule has 1 aromatic rings. The normalized spacial score (nSPS) is 17.7. The van der Waals surface area contributed by atoms with E-state index in [1.165, 1.54) is 19.3 Å². The van der Waals surface area contributed by atoms with Crippen LogP contribution in [-0.2, 0) is 11.2 Å². The summed E-state index contributed by atoms with van der Waals surface area (Å²) in [7, 11) is 0. The van der Waals surface area contributed by atoms with E-state index in [0.717, 1.165) is 24.0 Å². The Morgan fingerprint density at radius 2 is 2.10 bits per heavy atom. The average Bonchev–Trinajstić information content (AvgIpc) is 2.46. The number of aliphatic hydroxyl groups is 1. The van der Waals surface area contributed by atoms with Gasteiger partial charge in [0, 0.05) is 6.54 Å². The molecule has 1 amide bonds. The first kappa shape index (κ1) is 15.0. The van der Waals surface area contributed by atoms with Gasteiger partial charge >= 0.3 is 0 Å². The smallest absolute Gasteiger partial charge is 0.224 e. The molecule has 3 nitrogen and oxygen atoms in total. The number of hydrogen-bond acceptors (Lipinski definition) is 2. The molecule has 0 spiro atoms. The molecule has 0 bridgehead atoms. The van der Waals surface area contributed by atoms with E-state index in [2.05, 4.69) is 5.32 Å². The molecule has 0 aromatic heterocycles. The van der Waals surface area contributed by atoms with Crippen molar-refractivity contribution in [3.05, 3.63) is 35.4 Å². The first-order valence-corrected chi connectivity index (χ1v) is 7.65. The molecule has 1 saturated carbocycles. The molecule has 3 heteroatoms. The van der Waals surface area contributed by atoms with E-state index < -0.39 is 6.10 Å². The van der Waals surface area contributed by atoms with Crippen LogP contribution in [0.2, 0.25) is 0 Å². The number of carbonyl (C=O) groups excluding carboxylic acids is 1. The highest BCUT2D eigenvalue weighted by Crippen LogP contribution is 2.26. The Morgan fingerprint density at radius 1 is 1.35 bits per heavy atom. The predicted molar refractivity (Wildman–Crippen MR) is 80.5 cm³/mol. The molecule has 0 heterocycles. The summed E-state index contributed by atoms with van der Waals surface area (Å²) < 4.78 is 0. The molecule has 1 aromatic carbocycles. The number of carbonyl (C=O) groups is 1. The van der Waals surface area contributed by atoms with Crippen LogP contribution >= 0.6 is 0 Å². The summed E-state index contributed by atoms with van der Waals surface area (Å²) in [5.41, 5.74) is 2.19. The van der Waals surface area contributed by atoms with Gasteiger partial charge in [-0.25, -0.2) is 0 Å². The Morgan fingerprint density at radius 3 is 2.80 bits per heavy atom. The van der Waals surface area contributed by atoms with Gasteiger partial charge in [0.2, 0.25) is 5.91 Å². The van der Waals surface area contributed by atoms with Crippen LogP contribution in [0.4, 0.5) is 0 Å². The third-order valence-corrected chi connectivity index (χ3v) is 4.15. The van der Waals surface area contributed by atoms with Crippen molar-refractivity contribution in [2.24, 2.45) is 5.92 Å². The third kappa shape index (κ3) is 4.64. The highest BCUT2D eigenvalue weighted by molar-refractivity contribution is 5.78. The molecule has 1 fully saturated rings. The highest BCUT2D eigenvalue weighted by Gasteiger charge is 2.21. The predicted octanol–water partition coefficient (Wildman–Crippen LogP) is 2.59. The van der Waals surface area contributed by atoms with Crippen molar-refractivity contribution in [2.45, 2.75) is 51.6 Å². The second-order valence-electron chi connectivity index (χ2n) is 5.94. The second-order valence-corrected chi connectivity index (χ2v) is 5.94. The lowest BCUT2D eigenvalue weighted by Crippen LogP contribution is -2.37.